The maximum Gasteiger partial charge on any atom is 0.339 e. The van der Waals surface area contributed by atoms with Crippen LogP contribution >= 0.6 is 0 Å². The second-order valence-electron chi connectivity index (χ2n) is 6.30. The number of aromatic nitrogens is 2. The molecule has 1 heterocycles. The molecule has 0 aliphatic heterocycles. The lowest BCUT2D eigenvalue weighted by atomic mass is 10.1. The highest BCUT2D eigenvalue weighted by Crippen LogP contribution is 2.34. The Labute approximate surface area is 164 Å². The Morgan fingerprint density at radius 3 is 2.48 bits per heavy atom. The van der Waals surface area contributed by atoms with Crippen molar-refractivity contribution < 1.29 is 28.6 Å². The molecule has 1 aromatic heterocycles. The summed E-state index contributed by atoms with van der Waals surface area (Å²) in [6.07, 6.45) is 1.58. The van der Waals surface area contributed by atoms with Crippen molar-refractivity contribution >= 4 is 35.0 Å². The largest absolute Gasteiger partial charge is 0.494 e. The smallest absolute Gasteiger partial charge is 0.339 e. The van der Waals surface area contributed by atoms with Crippen LogP contribution in [0.4, 0.5) is 21.6 Å². The molecule has 2 amide bonds. The van der Waals surface area contributed by atoms with Crippen LogP contribution in [-0.4, -0.2) is 47.2 Å². The van der Waals surface area contributed by atoms with Crippen molar-refractivity contribution in [3.63, 3.8) is 0 Å². The molecule has 10 nitrogen and oxygen atoms in total. The molecule has 4 N–H and O–H groups in total. The lowest BCUT2D eigenvalue weighted by molar-refractivity contribution is -0.117. The van der Waals surface area contributed by atoms with E-state index in [1.807, 2.05) is 0 Å². The van der Waals surface area contributed by atoms with Crippen LogP contribution in [0.5, 0.6) is 5.75 Å². The minimum atomic E-state index is -1.39. The van der Waals surface area contributed by atoms with Crippen molar-refractivity contribution in [2.75, 3.05) is 24.8 Å². The summed E-state index contributed by atoms with van der Waals surface area (Å²) in [5.41, 5.74) is -0.505. The first-order valence-electron chi connectivity index (χ1n) is 8.62. The van der Waals surface area contributed by atoms with Crippen LogP contribution in [0.25, 0.3) is 0 Å². The predicted octanol–water partition coefficient (Wildman–Crippen LogP) is 1.77. The fourth-order valence-corrected chi connectivity index (χ4v) is 2.62. The maximum absolute atomic E-state index is 14.0. The van der Waals surface area contributed by atoms with Crippen molar-refractivity contribution in [3.8, 4) is 5.75 Å². The third-order valence-electron chi connectivity index (χ3n) is 4.19. The number of anilines is 3. The Morgan fingerprint density at radius 1 is 1.17 bits per heavy atom. The zero-order valence-electron chi connectivity index (χ0n) is 15.6. The van der Waals surface area contributed by atoms with E-state index in [2.05, 4.69) is 26.1 Å². The molecule has 1 aliphatic rings. The maximum atomic E-state index is 14.0. The molecule has 152 valence electrons. The molecule has 3 rings (SSSR count). The number of hydrogen-bond donors (Lipinski definition) is 4. The van der Waals surface area contributed by atoms with Gasteiger partial charge >= 0.3 is 5.97 Å². The minimum Gasteiger partial charge on any atom is -0.494 e. The first-order valence-corrected chi connectivity index (χ1v) is 8.62. The van der Waals surface area contributed by atoms with Gasteiger partial charge in [0.05, 0.1) is 18.5 Å². The van der Waals surface area contributed by atoms with Gasteiger partial charge in [-0.3, -0.25) is 9.59 Å². The molecule has 11 heteroatoms. The number of nitrogens with one attached hydrogen (secondary N) is 3. The Kier molecular flexibility index (Phi) is 5.57. The standard InChI is InChI=1S/C18H18FN5O5/c1-20-17(26)14-11(7-13(23-24-14)22-16(25)8-3-4-8)21-12-6-9(19)5-10(18(27)28)15(12)29-2/h5-8H,3-4H2,1-2H3,(H,20,26)(H,27,28)(H2,21,22,23,25). The molecule has 0 radical (unpaired) electrons. The first kappa shape index (κ1) is 20.0. The zero-order valence-corrected chi connectivity index (χ0v) is 15.6. The fourth-order valence-electron chi connectivity index (χ4n) is 2.62. The Morgan fingerprint density at radius 2 is 1.90 bits per heavy atom. The van der Waals surface area contributed by atoms with E-state index in [0.29, 0.717) is 0 Å². The summed E-state index contributed by atoms with van der Waals surface area (Å²) < 4.78 is 19.1. The molecule has 1 saturated carbocycles. The lowest BCUT2D eigenvalue weighted by Crippen LogP contribution is -2.22. The predicted molar refractivity (Wildman–Crippen MR) is 100.0 cm³/mol. The number of hydrogen-bond acceptors (Lipinski definition) is 7. The number of nitrogens with zero attached hydrogens (tertiary/aromatic N) is 2. The number of rotatable bonds is 7. The van der Waals surface area contributed by atoms with Gasteiger partial charge in [-0.25, -0.2) is 9.18 Å². The van der Waals surface area contributed by atoms with E-state index in [9.17, 15) is 23.9 Å². The van der Waals surface area contributed by atoms with Gasteiger partial charge in [-0.15, -0.1) is 10.2 Å². The van der Waals surface area contributed by atoms with Crippen LogP contribution in [0, 0.1) is 11.7 Å². The third-order valence-corrected chi connectivity index (χ3v) is 4.19. The fraction of sp³-hybridized carbons (Fsp3) is 0.278. The summed E-state index contributed by atoms with van der Waals surface area (Å²) >= 11 is 0. The van der Waals surface area contributed by atoms with Crippen molar-refractivity contribution in [3.05, 3.63) is 35.3 Å². The van der Waals surface area contributed by atoms with Gasteiger partial charge in [-0.2, -0.15) is 0 Å². The molecule has 0 unspecified atom stereocenters. The number of halogens is 1. The number of carbonyl (C=O) groups is 3. The second-order valence-corrected chi connectivity index (χ2v) is 6.30. The van der Waals surface area contributed by atoms with Gasteiger partial charge < -0.3 is 25.8 Å². The van der Waals surface area contributed by atoms with E-state index in [4.69, 9.17) is 4.74 Å². The third kappa shape index (κ3) is 4.39. The highest BCUT2D eigenvalue weighted by Gasteiger charge is 2.30. The van der Waals surface area contributed by atoms with Gasteiger partial charge in [0.2, 0.25) is 5.91 Å². The molecule has 1 fully saturated rings. The Balaban J connectivity index is 2.03. The van der Waals surface area contributed by atoms with Gasteiger partial charge in [0.25, 0.3) is 5.91 Å². The number of carboxylic acid groups (broad SMARTS) is 1. The van der Waals surface area contributed by atoms with Crippen LogP contribution in [0.1, 0.15) is 33.7 Å². The van der Waals surface area contributed by atoms with Crippen LogP contribution in [-0.2, 0) is 4.79 Å². The highest BCUT2D eigenvalue weighted by atomic mass is 19.1. The summed E-state index contributed by atoms with van der Waals surface area (Å²) in [6, 6.07) is 3.18. The van der Waals surface area contributed by atoms with Crippen LogP contribution in [0.2, 0.25) is 0 Å². The number of aromatic carboxylic acids is 1. The molecular formula is C18H18FN5O5. The van der Waals surface area contributed by atoms with Crippen LogP contribution in [0.3, 0.4) is 0 Å². The number of amides is 2. The average Bonchev–Trinajstić information content (AvgIpc) is 3.52. The summed E-state index contributed by atoms with van der Waals surface area (Å²) in [7, 11) is 2.62. The SMILES string of the molecule is CNC(=O)c1nnc(NC(=O)C2CC2)cc1Nc1cc(F)cc(C(=O)O)c1OC. The molecule has 1 aromatic carbocycles. The van der Waals surface area contributed by atoms with E-state index in [1.54, 1.807) is 0 Å². The van der Waals surface area contributed by atoms with Crippen LogP contribution < -0.4 is 20.7 Å². The number of carbonyl (C=O) groups excluding carboxylic acids is 2. The molecule has 0 spiro atoms. The Bertz CT molecular complexity index is 993. The normalized spacial score (nSPS) is 12.8. The molecule has 1 aliphatic carbocycles. The summed E-state index contributed by atoms with van der Waals surface area (Å²) in [5, 5.41) is 24.7. The summed E-state index contributed by atoms with van der Waals surface area (Å²) in [4.78, 5) is 35.5. The molecule has 29 heavy (non-hydrogen) atoms. The molecule has 2 aromatic rings. The first-order chi connectivity index (χ1) is 13.8. The van der Waals surface area contributed by atoms with E-state index >= 15 is 0 Å². The number of methoxy groups -OCH3 is 1. The summed E-state index contributed by atoms with van der Waals surface area (Å²) in [6.45, 7) is 0. The highest BCUT2D eigenvalue weighted by molar-refractivity contribution is 6.00. The van der Waals surface area contributed by atoms with Gasteiger partial charge in [0, 0.05) is 25.1 Å². The zero-order chi connectivity index (χ0) is 21.1. The molecule has 0 bridgehead atoms. The molecular weight excluding hydrogens is 385 g/mol. The topological polar surface area (TPSA) is 143 Å². The number of benzene rings is 1. The van der Waals surface area contributed by atoms with Gasteiger partial charge in [-0.1, -0.05) is 0 Å². The monoisotopic (exact) mass is 403 g/mol. The molecule has 0 atom stereocenters. The van der Waals surface area contributed by atoms with E-state index < -0.39 is 23.3 Å². The minimum absolute atomic E-state index is 0.0393. The van der Waals surface area contributed by atoms with E-state index in [-0.39, 0.29) is 40.5 Å². The van der Waals surface area contributed by atoms with Crippen LogP contribution in [0.15, 0.2) is 18.2 Å². The van der Waals surface area contributed by atoms with E-state index in [1.165, 1.54) is 20.2 Å². The van der Waals surface area contributed by atoms with E-state index in [0.717, 1.165) is 25.0 Å². The van der Waals surface area contributed by atoms with Crippen molar-refractivity contribution in [1.29, 1.82) is 0 Å². The summed E-state index contributed by atoms with van der Waals surface area (Å²) in [5.74, 6) is -3.14. The van der Waals surface area contributed by atoms with Gasteiger partial charge in [0.1, 0.15) is 11.4 Å². The van der Waals surface area contributed by atoms with Crippen molar-refractivity contribution in [2.24, 2.45) is 5.92 Å². The van der Waals surface area contributed by atoms with Gasteiger partial charge in [0.15, 0.2) is 17.3 Å². The quantitative estimate of drug-likeness (QED) is 0.548. The molecule has 0 saturated heterocycles. The van der Waals surface area contributed by atoms with Crippen molar-refractivity contribution in [1.82, 2.24) is 15.5 Å². The van der Waals surface area contributed by atoms with Crippen molar-refractivity contribution in [2.45, 2.75) is 12.8 Å². The number of ether oxygens (including phenoxy) is 1. The van der Waals surface area contributed by atoms with Gasteiger partial charge in [-0.05, 0) is 18.9 Å². The lowest BCUT2D eigenvalue weighted by Gasteiger charge is -2.16. The average molecular weight is 403 g/mol. The number of carboxylic acids is 1. The Hall–Kier alpha value is -3.76. The second kappa shape index (κ2) is 8.09.